The van der Waals surface area contributed by atoms with Gasteiger partial charge in [0.05, 0.1) is 30.5 Å². The number of nitrogens with zero attached hydrogens (tertiary/aromatic N) is 1. The number of nitrogens with two attached hydrogens (primary N) is 1. The maximum atomic E-state index is 12.8. The molecule has 1 aromatic rings. The normalized spacial score (nSPS) is 11.8. The van der Waals surface area contributed by atoms with Gasteiger partial charge in [-0.3, -0.25) is 9.78 Å². The zero-order valence-electron chi connectivity index (χ0n) is 10.3. The summed E-state index contributed by atoms with van der Waals surface area (Å²) in [6.45, 7) is -0.677. The minimum atomic E-state index is -5.00. The van der Waals surface area contributed by atoms with E-state index in [1.165, 1.54) is 0 Å². The molecule has 1 aromatic heterocycles. The standard InChI is InChI=1S/C11H11F5N2O2/c1-20-8(19)3-5-2-6(10(12)13)9(11(14,15)16)7(4-17)18-5/h2,10H,3-4,17H2,1H3. The van der Waals surface area contributed by atoms with Crippen molar-refractivity contribution < 1.29 is 31.5 Å². The number of methoxy groups -OCH3 is 1. The highest BCUT2D eigenvalue weighted by Crippen LogP contribution is 2.38. The van der Waals surface area contributed by atoms with Gasteiger partial charge in [0.1, 0.15) is 0 Å². The molecule has 0 aliphatic rings. The first kappa shape index (κ1) is 16.3. The quantitative estimate of drug-likeness (QED) is 0.683. The number of halogens is 5. The predicted octanol–water partition coefficient (Wildman–Crippen LogP) is 2.21. The second-order valence-corrected chi connectivity index (χ2v) is 3.78. The summed E-state index contributed by atoms with van der Waals surface area (Å²) in [6.07, 6.45) is -8.88. The SMILES string of the molecule is COC(=O)Cc1cc(C(F)F)c(C(F)(F)F)c(CN)n1. The fourth-order valence-corrected chi connectivity index (χ4v) is 1.64. The number of esters is 1. The van der Waals surface area contributed by atoms with Crippen molar-refractivity contribution in [3.63, 3.8) is 0 Å². The van der Waals surface area contributed by atoms with Crippen molar-refractivity contribution in [2.24, 2.45) is 5.73 Å². The molecule has 0 fully saturated rings. The summed E-state index contributed by atoms with van der Waals surface area (Å²) in [5.74, 6) is -0.805. The van der Waals surface area contributed by atoms with E-state index in [0.29, 0.717) is 6.07 Å². The van der Waals surface area contributed by atoms with Crippen molar-refractivity contribution in [2.75, 3.05) is 7.11 Å². The van der Waals surface area contributed by atoms with Gasteiger partial charge in [0, 0.05) is 12.1 Å². The average Bonchev–Trinajstić information content (AvgIpc) is 2.35. The van der Waals surface area contributed by atoms with Gasteiger partial charge in [-0.1, -0.05) is 0 Å². The highest BCUT2D eigenvalue weighted by molar-refractivity contribution is 5.72. The molecule has 0 aliphatic heterocycles. The summed E-state index contributed by atoms with van der Waals surface area (Å²) in [5.41, 5.74) is 1.35. The Morgan fingerprint density at radius 3 is 2.45 bits per heavy atom. The van der Waals surface area contributed by atoms with Gasteiger partial charge in [0.25, 0.3) is 6.43 Å². The Bertz CT molecular complexity index is 502. The summed E-state index contributed by atoms with van der Waals surface area (Å²) in [6, 6.07) is 0.545. The van der Waals surface area contributed by atoms with Crippen molar-refractivity contribution >= 4 is 5.97 Å². The third-order valence-electron chi connectivity index (χ3n) is 2.44. The maximum Gasteiger partial charge on any atom is 0.418 e. The van der Waals surface area contributed by atoms with Crippen LogP contribution in [0.5, 0.6) is 0 Å². The fraction of sp³-hybridized carbons (Fsp3) is 0.455. The Morgan fingerprint density at radius 2 is 2.05 bits per heavy atom. The molecular weight excluding hydrogens is 287 g/mol. The number of aromatic nitrogens is 1. The molecule has 0 aromatic carbocycles. The molecule has 0 atom stereocenters. The van der Waals surface area contributed by atoms with Gasteiger partial charge in [0.2, 0.25) is 0 Å². The topological polar surface area (TPSA) is 65.2 Å². The smallest absolute Gasteiger partial charge is 0.418 e. The largest absolute Gasteiger partial charge is 0.469 e. The first-order valence-corrected chi connectivity index (χ1v) is 5.35. The molecule has 0 unspecified atom stereocenters. The third-order valence-corrected chi connectivity index (χ3v) is 2.44. The molecule has 1 rings (SSSR count). The zero-order chi connectivity index (χ0) is 15.5. The van der Waals surface area contributed by atoms with E-state index >= 15 is 0 Å². The van der Waals surface area contributed by atoms with E-state index < -0.39 is 48.4 Å². The predicted molar refractivity (Wildman–Crippen MR) is 57.8 cm³/mol. The molecule has 0 saturated heterocycles. The Kier molecular flexibility index (Phi) is 4.98. The van der Waals surface area contributed by atoms with Crippen LogP contribution in [0.4, 0.5) is 22.0 Å². The second-order valence-electron chi connectivity index (χ2n) is 3.78. The van der Waals surface area contributed by atoms with Crippen LogP contribution in [0, 0.1) is 0 Å². The van der Waals surface area contributed by atoms with Crippen molar-refractivity contribution in [1.82, 2.24) is 4.98 Å². The number of carbonyl (C=O) groups excluding carboxylic acids is 1. The van der Waals surface area contributed by atoms with Crippen molar-refractivity contribution in [3.05, 3.63) is 28.6 Å². The molecule has 0 aliphatic carbocycles. The van der Waals surface area contributed by atoms with Crippen molar-refractivity contribution in [2.45, 2.75) is 25.6 Å². The van der Waals surface area contributed by atoms with Crippen LogP contribution in [0.1, 0.15) is 28.9 Å². The lowest BCUT2D eigenvalue weighted by atomic mass is 10.0. The molecule has 9 heteroatoms. The third kappa shape index (κ3) is 3.62. The monoisotopic (exact) mass is 298 g/mol. The van der Waals surface area contributed by atoms with Crippen LogP contribution in [0.3, 0.4) is 0 Å². The summed E-state index contributed by atoms with van der Waals surface area (Å²) < 4.78 is 68.3. The van der Waals surface area contributed by atoms with Crippen molar-refractivity contribution in [3.8, 4) is 0 Å². The molecule has 0 bridgehead atoms. The van der Waals surface area contributed by atoms with Gasteiger partial charge in [-0.05, 0) is 6.07 Å². The number of carbonyl (C=O) groups is 1. The Morgan fingerprint density at radius 1 is 1.45 bits per heavy atom. The lowest BCUT2D eigenvalue weighted by Crippen LogP contribution is -2.19. The van der Waals surface area contributed by atoms with E-state index in [1.54, 1.807) is 0 Å². The second kappa shape index (κ2) is 6.12. The Labute approximate surface area is 110 Å². The molecule has 2 N–H and O–H groups in total. The number of ether oxygens (including phenoxy) is 1. The first-order chi connectivity index (χ1) is 9.20. The van der Waals surface area contributed by atoms with Gasteiger partial charge < -0.3 is 10.5 Å². The summed E-state index contributed by atoms with van der Waals surface area (Å²) in [5, 5.41) is 0. The molecule has 1 heterocycles. The van der Waals surface area contributed by atoms with Gasteiger partial charge in [0.15, 0.2) is 0 Å². The summed E-state index contributed by atoms with van der Waals surface area (Å²) >= 11 is 0. The van der Waals surface area contributed by atoms with Crippen LogP contribution in [0.2, 0.25) is 0 Å². The lowest BCUT2D eigenvalue weighted by Gasteiger charge is -2.17. The molecule has 0 saturated carbocycles. The Balaban J connectivity index is 3.43. The van der Waals surface area contributed by atoms with Crippen LogP contribution in [0.25, 0.3) is 0 Å². The van der Waals surface area contributed by atoms with E-state index in [-0.39, 0.29) is 5.69 Å². The molecule has 0 amide bonds. The lowest BCUT2D eigenvalue weighted by molar-refractivity contribution is -0.140. The van der Waals surface area contributed by atoms with Gasteiger partial charge in [-0.15, -0.1) is 0 Å². The fourth-order valence-electron chi connectivity index (χ4n) is 1.64. The Hall–Kier alpha value is -1.77. The first-order valence-electron chi connectivity index (χ1n) is 5.35. The van der Waals surface area contributed by atoms with E-state index in [9.17, 15) is 26.7 Å². The average molecular weight is 298 g/mol. The van der Waals surface area contributed by atoms with Gasteiger partial charge >= 0.3 is 12.1 Å². The number of alkyl halides is 5. The van der Waals surface area contributed by atoms with Crippen LogP contribution >= 0.6 is 0 Å². The van der Waals surface area contributed by atoms with E-state index in [1.807, 2.05) is 0 Å². The van der Waals surface area contributed by atoms with Crippen LogP contribution in [-0.2, 0) is 28.7 Å². The number of hydrogen-bond acceptors (Lipinski definition) is 4. The van der Waals surface area contributed by atoms with E-state index in [4.69, 9.17) is 5.73 Å². The van der Waals surface area contributed by atoms with Crippen molar-refractivity contribution in [1.29, 1.82) is 0 Å². The minimum Gasteiger partial charge on any atom is -0.469 e. The molecular formula is C11H11F5N2O2. The highest BCUT2D eigenvalue weighted by Gasteiger charge is 2.39. The van der Waals surface area contributed by atoms with Gasteiger partial charge in [-0.2, -0.15) is 13.2 Å². The van der Waals surface area contributed by atoms with Crippen LogP contribution < -0.4 is 5.73 Å². The van der Waals surface area contributed by atoms with E-state index in [0.717, 1.165) is 7.11 Å². The van der Waals surface area contributed by atoms with Crippen LogP contribution in [0.15, 0.2) is 6.07 Å². The zero-order valence-corrected chi connectivity index (χ0v) is 10.3. The molecule has 0 spiro atoms. The highest BCUT2D eigenvalue weighted by atomic mass is 19.4. The minimum absolute atomic E-state index is 0.249. The molecule has 4 nitrogen and oxygen atoms in total. The summed E-state index contributed by atoms with van der Waals surface area (Å²) in [7, 11) is 1.06. The molecule has 112 valence electrons. The number of rotatable bonds is 4. The number of pyridine rings is 1. The van der Waals surface area contributed by atoms with Crippen LogP contribution in [-0.4, -0.2) is 18.1 Å². The summed E-state index contributed by atoms with van der Waals surface area (Å²) in [4.78, 5) is 14.6. The van der Waals surface area contributed by atoms with E-state index in [2.05, 4.69) is 9.72 Å². The number of hydrogen-bond donors (Lipinski definition) is 1. The molecule has 20 heavy (non-hydrogen) atoms. The molecule has 0 radical (unpaired) electrons. The van der Waals surface area contributed by atoms with Gasteiger partial charge in [-0.25, -0.2) is 8.78 Å². The maximum absolute atomic E-state index is 12.8.